The number of carboxylic acids is 2. The molecule has 2 amide bonds. The number of oxime groups is 1. The van der Waals surface area contributed by atoms with Crippen LogP contribution in [0.5, 0.6) is 0 Å². The number of nitrogens with zero attached hydrogens (tertiary/aromatic N) is 3. The summed E-state index contributed by atoms with van der Waals surface area (Å²) in [6.07, 6.45) is 0. The number of thioether (sulfide) groups is 1. The Hall–Kier alpha value is -3.13. The molecule has 0 spiro atoms. The Morgan fingerprint density at radius 1 is 1.45 bits per heavy atom. The van der Waals surface area contributed by atoms with Crippen molar-refractivity contribution in [1.82, 2.24) is 15.2 Å². The van der Waals surface area contributed by atoms with Gasteiger partial charge in [0.2, 0.25) is 6.61 Å². The Labute approximate surface area is 171 Å². The maximum absolute atomic E-state index is 12.7. The molecule has 12 nitrogen and oxygen atoms in total. The fraction of sp³-hybridized carbons (Fsp3) is 0.333. The zero-order valence-corrected chi connectivity index (χ0v) is 16.5. The first-order valence-corrected chi connectivity index (χ1v) is 9.95. The van der Waals surface area contributed by atoms with E-state index in [-0.39, 0.29) is 22.2 Å². The number of carboxylic acid groups (broad SMARTS) is 2. The third-order valence-electron chi connectivity index (χ3n) is 3.97. The van der Waals surface area contributed by atoms with Crippen molar-refractivity contribution in [3.05, 3.63) is 22.3 Å². The number of nitrogens with one attached hydrogen (secondary N) is 1. The van der Waals surface area contributed by atoms with E-state index in [1.165, 1.54) is 17.1 Å². The van der Waals surface area contributed by atoms with Gasteiger partial charge in [0, 0.05) is 11.1 Å². The number of amides is 2. The number of β-lactam (4-membered cyclic amide) rings is 1. The Morgan fingerprint density at radius 2 is 2.17 bits per heavy atom. The molecule has 0 radical (unpaired) electrons. The molecule has 0 aromatic carbocycles. The number of aromatic nitrogens is 1. The summed E-state index contributed by atoms with van der Waals surface area (Å²) >= 11 is 2.35. The largest absolute Gasteiger partial charge is 0.479 e. The van der Waals surface area contributed by atoms with Gasteiger partial charge in [-0.05, 0) is 12.5 Å². The summed E-state index contributed by atoms with van der Waals surface area (Å²) < 4.78 is 0. The molecule has 0 aliphatic carbocycles. The van der Waals surface area contributed by atoms with E-state index in [1.807, 2.05) is 0 Å². The third-order valence-corrected chi connectivity index (χ3v) is 6.07. The van der Waals surface area contributed by atoms with Crippen LogP contribution in [0.3, 0.4) is 0 Å². The molecule has 14 heteroatoms. The number of fused-ring (bicyclic) bond motifs is 1. The fourth-order valence-electron chi connectivity index (χ4n) is 2.74. The number of hydrogen-bond acceptors (Lipinski definition) is 10. The van der Waals surface area contributed by atoms with Crippen LogP contribution in [0.4, 0.5) is 5.13 Å². The summed E-state index contributed by atoms with van der Waals surface area (Å²) in [6, 6.07) is -0.976. The van der Waals surface area contributed by atoms with Crippen molar-refractivity contribution in [2.45, 2.75) is 18.3 Å². The zero-order chi connectivity index (χ0) is 21.3. The number of thiazole rings is 1. The molecular formula is C15H15N5O7S2. The van der Waals surface area contributed by atoms with Crippen LogP contribution in [0.15, 0.2) is 21.8 Å². The van der Waals surface area contributed by atoms with Crippen LogP contribution in [0, 0.1) is 0 Å². The van der Waals surface area contributed by atoms with Gasteiger partial charge in [-0.15, -0.1) is 23.1 Å². The highest BCUT2D eigenvalue weighted by molar-refractivity contribution is 8.00. The van der Waals surface area contributed by atoms with E-state index in [0.29, 0.717) is 11.3 Å². The topological polar surface area (TPSA) is 185 Å². The van der Waals surface area contributed by atoms with E-state index >= 15 is 0 Å². The molecule has 154 valence electrons. The molecule has 2 aliphatic heterocycles. The monoisotopic (exact) mass is 441 g/mol. The summed E-state index contributed by atoms with van der Waals surface area (Å²) in [5.74, 6) is -3.52. The summed E-state index contributed by atoms with van der Waals surface area (Å²) in [7, 11) is 0. The maximum Gasteiger partial charge on any atom is 0.352 e. The SMILES string of the molecule is CC1=C(C(=O)O)N2C(=O)C(NC(=O)/C(=N/OCC(=O)O)c3csc(N)n3)C2SC1. The average Bonchev–Trinajstić information content (AvgIpc) is 3.08. The molecule has 1 saturated heterocycles. The summed E-state index contributed by atoms with van der Waals surface area (Å²) in [5.41, 5.74) is 5.73. The predicted molar refractivity (Wildman–Crippen MR) is 102 cm³/mol. The van der Waals surface area contributed by atoms with Crippen LogP contribution in [0.25, 0.3) is 0 Å². The Balaban J connectivity index is 1.78. The minimum absolute atomic E-state index is 0.0530. The van der Waals surface area contributed by atoms with Gasteiger partial charge in [0.05, 0.1) is 0 Å². The lowest BCUT2D eigenvalue weighted by Crippen LogP contribution is -2.71. The van der Waals surface area contributed by atoms with Crippen molar-refractivity contribution in [3.8, 4) is 0 Å². The number of carbonyl (C=O) groups excluding carboxylic acids is 2. The smallest absolute Gasteiger partial charge is 0.352 e. The molecule has 29 heavy (non-hydrogen) atoms. The van der Waals surface area contributed by atoms with Crippen LogP contribution < -0.4 is 11.1 Å². The predicted octanol–water partition coefficient (Wildman–Crippen LogP) is -0.711. The highest BCUT2D eigenvalue weighted by atomic mass is 32.2. The van der Waals surface area contributed by atoms with Crippen LogP contribution in [0.2, 0.25) is 0 Å². The number of rotatable bonds is 7. The molecule has 2 aliphatic rings. The van der Waals surface area contributed by atoms with Crippen molar-refractivity contribution in [1.29, 1.82) is 0 Å². The zero-order valence-electron chi connectivity index (χ0n) is 14.8. The van der Waals surface area contributed by atoms with Crippen molar-refractivity contribution in [2.75, 3.05) is 18.1 Å². The van der Waals surface area contributed by atoms with Crippen molar-refractivity contribution in [3.63, 3.8) is 0 Å². The van der Waals surface area contributed by atoms with Crippen LogP contribution >= 0.6 is 23.1 Å². The van der Waals surface area contributed by atoms with Gasteiger partial charge in [-0.2, -0.15) is 0 Å². The highest BCUT2D eigenvalue weighted by Gasteiger charge is 2.54. The van der Waals surface area contributed by atoms with Crippen LogP contribution in [0.1, 0.15) is 12.6 Å². The van der Waals surface area contributed by atoms with Gasteiger partial charge in [-0.1, -0.05) is 5.16 Å². The molecule has 2 unspecified atom stereocenters. The number of nitrogen functional groups attached to an aromatic ring is 1. The van der Waals surface area contributed by atoms with Gasteiger partial charge in [0.15, 0.2) is 10.8 Å². The molecule has 1 aromatic rings. The number of aliphatic carboxylic acids is 2. The number of hydrogen-bond donors (Lipinski definition) is 4. The molecule has 0 bridgehead atoms. The van der Waals surface area contributed by atoms with Crippen molar-refractivity contribution < 1.29 is 34.2 Å². The van der Waals surface area contributed by atoms with Gasteiger partial charge in [-0.3, -0.25) is 14.5 Å². The van der Waals surface area contributed by atoms with Gasteiger partial charge < -0.3 is 26.1 Å². The number of carbonyl (C=O) groups is 4. The van der Waals surface area contributed by atoms with Gasteiger partial charge >= 0.3 is 11.9 Å². The lowest BCUT2D eigenvalue weighted by molar-refractivity contribution is -0.150. The van der Waals surface area contributed by atoms with Crippen molar-refractivity contribution >= 4 is 57.7 Å². The second-order valence-corrected chi connectivity index (χ2v) is 7.97. The minimum Gasteiger partial charge on any atom is -0.479 e. The maximum atomic E-state index is 12.7. The average molecular weight is 441 g/mol. The first-order chi connectivity index (χ1) is 13.7. The standard InChI is InChI=1S/C15H15N5O7S2/c1-5-3-28-13-9(12(24)20(13)10(5)14(25)26)18-11(23)8(19-27-2-7(21)22)6-4-29-15(16)17-6/h4,9,13H,2-3H2,1H3,(H2,16,17)(H,18,23)(H,21,22)(H,25,26)/b19-8+. The van der Waals surface area contributed by atoms with E-state index in [9.17, 15) is 24.3 Å². The molecular weight excluding hydrogens is 426 g/mol. The third kappa shape index (κ3) is 4.02. The van der Waals surface area contributed by atoms with Gasteiger partial charge in [0.25, 0.3) is 11.8 Å². The Kier molecular flexibility index (Phi) is 5.74. The second-order valence-electron chi connectivity index (χ2n) is 5.97. The molecule has 1 fully saturated rings. The van der Waals surface area contributed by atoms with E-state index in [1.54, 1.807) is 6.92 Å². The Bertz CT molecular complexity index is 957. The van der Waals surface area contributed by atoms with E-state index in [4.69, 9.17) is 10.8 Å². The molecule has 3 heterocycles. The summed E-state index contributed by atoms with van der Waals surface area (Å²) in [5, 5.41) is 25.0. The molecule has 2 atom stereocenters. The summed E-state index contributed by atoms with van der Waals surface area (Å²) in [4.78, 5) is 56.9. The van der Waals surface area contributed by atoms with Crippen LogP contribution in [-0.2, 0) is 24.0 Å². The molecule has 3 rings (SSSR count). The van der Waals surface area contributed by atoms with E-state index < -0.39 is 41.8 Å². The first-order valence-electron chi connectivity index (χ1n) is 8.02. The Morgan fingerprint density at radius 3 is 2.76 bits per heavy atom. The highest BCUT2D eigenvalue weighted by Crippen LogP contribution is 2.40. The normalized spacial score (nSPS) is 21.3. The summed E-state index contributed by atoms with van der Waals surface area (Å²) in [6.45, 7) is 0.847. The van der Waals surface area contributed by atoms with E-state index in [0.717, 1.165) is 16.2 Å². The van der Waals surface area contributed by atoms with E-state index in [2.05, 4.69) is 20.3 Å². The van der Waals surface area contributed by atoms with Gasteiger partial charge in [0.1, 0.15) is 22.8 Å². The van der Waals surface area contributed by atoms with Crippen LogP contribution in [-0.4, -0.2) is 73.3 Å². The molecule has 1 aromatic heterocycles. The lowest BCUT2D eigenvalue weighted by Gasteiger charge is -2.49. The second kappa shape index (κ2) is 8.08. The quantitative estimate of drug-likeness (QED) is 0.239. The molecule has 0 saturated carbocycles. The number of anilines is 1. The van der Waals surface area contributed by atoms with Gasteiger partial charge in [-0.25, -0.2) is 14.6 Å². The lowest BCUT2D eigenvalue weighted by atomic mass is 10.0. The fourth-order valence-corrected chi connectivity index (χ4v) is 4.58. The number of nitrogens with two attached hydrogens (primary N) is 1. The minimum atomic E-state index is -1.29. The first kappa shape index (κ1) is 20.6. The van der Waals surface area contributed by atoms with Crippen molar-refractivity contribution in [2.24, 2.45) is 5.16 Å². The molecule has 5 N–H and O–H groups in total.